The molecule has 1 rings (SSSR count). The third-order valence-electron chi connectivity index (χ3n) is 1.62. The molecule has 62 valence electrons. The normalized spacial score (nSPS) is 23.2. The van der Waals surface area contributed by atoms with Gasteiger partial charge in [-0.2, -0.15) is 0 Å². The molecule has 0 radical (unpaired) electrons. The quantitative estimate of drug-likeness (QED) is 0.474. The summed E-state index contributed by atoms with van der Waals surface area (Å²) in [6, 6.07) is -0.105. The van der Waals surface area contributed by atoms with Crippen LogP contribution in [0.1, 0.15) is 19.8 Å². The first-order valence-corrected chi connectivity index (χ1v) is 3.81. The fourth-order valence-corrected chi connectivity index (χ4v) is 1.13. The first-order valence-electron chi connectivity index (χ1n) is 3.81. The van der Waals surface area contributed by atoms with Gasteiger partial charge in [0.1, 0.15) is 6.04 Å². The van der Waals surface area contributed by atoms with Crippen molar-refractivity contribution in [3.63, 3.8) is 0 Å². The zero-order valence-corrected chi connectivity index (χ0v) is 6.72. The Hall–Kier alpha value is -0.830. The second-order valence-electron chi connectivity index (χ2n) is 2.77. The summed E-state index contributed by atoms with van der Waals surface area (Å²) in [6.07, 6.45) is 1.93. The van der Waals surface area contributed by atoms with E-state index in [0.29, 0.717) is 5.76 Å². The summed E-state index contributed by atoms with van der Waals surface area (Å²) < 4.78 is 4.84. The Morgan fingerprint density at radius 1 is 1.73 bits per heavy atom. The van der Waals surface area contributed by atoms with Gasteiger partial charge in [0.05, 0.1) is 5.76 Å². The summed E-state index contributed by atoms with van der Waals surface area (Å²) in [6.45, 7) is 6.08. The minimum Gasteiger partial charge on any atom is -0.431 e. The van der Waals surface area contributed by atoms with Gasteiger partial charge in [0.25, 0.3) is 0 Å². The Morgan fingerprint density at radius 2 is 2.45 bits per heavy atom. The van der Waals surface area contributed by atoms with Crippen LogP contribution in [0.5, 0.6) is 0 Å². The van der Waals surface area contributed by atoms with Crippen molar-refractivity contribution in [2.45, 2.75) is 25.8 Å². The summed E-state index contributed by atoms with van der Waals surface area (Å²) in [5, 5.41) is 3.05. The lowest BCUT2D eigenvalue weighted by molar-refractivity contribution is -0.141. The number of carbonyl (C=O) groups excluding carboxylic acids is 1. The van der Waals surface area contributed by atoms with Gasteiger partial charge in [0, 0.05) is 0 Å². The van der Waals surface area contributed by atoms with E-state index in [4.69, 9.17) is 4.74 Å². The van der Waals surface area contributed by atoms with Crippen molar-refractivity contribution in [3.05, 3.63) is 12.3 Å². The first kappa shape index (κ1) is 8.27. The molecule has 1 N–H and O–H groups in total. The average molecular weight is 155 g/mol. The molecule has 0 amide bonds. The third kappa shape index (κ3) is 2.35. The summed E-state index contributed by atoms with van der Waals surface area (Å²) in [5.74, 6) is 0.263. The average Bonchev–Trinajstić information content (AvgIpc) is 2.35. The van der Waals surface area contributed by atoms with Gasteiger partial charge < -0.3 is 10.1 Å². The number of ether oxygens (including phenoxy) is 1. The maximum Gasteiger partial charge on any atom is 0.328 e. The lowest BCUT2D eigenvalue weighted by Crippen LogP contribution is -2.31. The number of esters is 1. The second-order valence-corrected chi connectivity index (χ2v) is 2.77. The molecule has 11 heavy (non-hydrogen) atoms. The van der Waals surface area contributed by atoms with Crippen LogP contribution < -0.4 is 5.32 Å². The Labute approximate surface area is 66.4 Å². The summed E-state index contributed by atoms with van der Waals surface area (Å²) >= 11 is 0. The summed E-state index contributed by atoms with van der Waals surface area (Å²) in [7, 11) is 0. The van der Waals surface area contributed by atoms with E-state index in [1.165, 1.54) is 0 Å². The van der Waals surface area contributed by atoms with E-state index in [-0.39, 0.29) is 12.0 Å². The van der Waals surface area contributed by atoms with Crippen LogP contribution in [0.25, 0.3) is 0 Å². The molecule has 3 nitrogen and oxygen atoms in total. The summed E-state index contributed by atoms with van der Waals surface area (Å²) in [4.78, 5) is 11.1. The van der Waals surface area contributed by atoms with Gasteiger partial charge >= 0.3 is 5.97 Å². The van der Waals surface area contributed by atoms with Gasteiger partial charge in [-0.25, -0.2) is 4.79 Å². The van der Waals surface area contributed by atoms with Crippen LogP contribution in [-0.4, -0.2) is 18.6 Å². The van der Waals surface area contributed by atoms with Crippen molar-refractivity contribution in [2.24, 2.45) is 0 Å². The minimum atomic E-state index is -0.199. The molecule has 0 aromatic carbocycles. The highest BCUT2D eigenvalue weighted by atomic mass is 16.5. The fraction of sp³-hybridized carbons (Fsp3) is 0.625. The van der Waals surface area contributed by atoms with Crippen molar-refractivity contribution in [3.8, 4) is 0 Å². The Balaban J connectivity index is 2.34. The van der Waals surface area contributed by atoms with Crippen molar-refractivity contribution in [2.75, 3.05) is 6.54 Å². The number of hydrogen-bond donors (Lipinski definition) is 1. The molecular formula is C8H13NO2. The molecule has 0 aromatic heterocycles. The molecule has 1 aliphatic heterocycles. The standard InChI is InChI=1S/C8H13NO2/c1-6(2)11-8(10)7-4-3-5-9-7/h7,9H,1,3-5H2,2H3/t7-/m1/s1. The molecule has 1 atom stereocenters. The number of hydrogen-bond acceptors (Lipinski definition) is 3. The highest BCUT2D eigenvalue weighted by molar-refractivity contribution is 5.76. The van der Waals surface area contributed by atoms with Gasteiger partial charge in [0.15, 0.2) is 0 Å². The highest BCUT2D eigenvalue weighted by Gasteiger charge is 2.23. The lowest BCUT2D eigenvalue weighted by Gasteiger charge is -2.08. The zero-order chi connectivity index (χ0) is 8.27. The maximum absolute atomic E-state index is 11.1. The van der Waals surface area contributed by atoms with Crippen molar-refractivity contribution >= 4 is 5.97 Å². The Bertz CT molecular complexity index is 171. The minimum absolute atomic E-state index is 0.105. The van der Waals surface area contributed by atoms with Crippen molar-refractivity contribution < 1.29 is 9.53 Å². The van der Waals surface area contributed by atoms with Crippen molar-refractivity contribution in [1.29, 1.82) is 0 Å². The molecule has 3 heteroatoms. The fourth-order valence-electron chi connectivity index (χ4n) is 1.13. The highest BCUT2D eigenvalue weighted by Crippen LogP contribution is 2.07. The van der Waals surface area contributed by atoms with E-state index in [2.05, 4.69) is 11.9 Å². The van der Waals surface area contributed by atoms with Crippen LogP contribution in [-0.2, 0) is 9.53 Å². The molecule has 0 aromatic rings. The molecule has 1 saturated heterocycles. The van der Waals surface area contributed by atoms with Crippen LogP contribution in [0.2, 0.25) is 0 Å². The van der Waals surface area contributed by atoms with E-state index < -0.39 is 0 Å². The molecule has 1 heterocycles. The number of nitrogens with one attached hydrogen (secondary N) is 1. The van der Waals surface area contributed by atoms with Crippen LogP contribution in [0.4, 0.5) is 0 Å². The largest absolute Gasteiger partial charge is 0.431 e. The molecular weight excluding hydrogens is 142 g/mol. The van der Waals surface area contributed by atoms with E-state index in [0.717, 1.165) is 19.4 Å². The first-order chi connectivity index (χ1) is 5.20. The molecule has 1 fully saturated rings. The van der Waals surface area contributed by atoms with Gasteiger partial charge in [-0.15, -0.1) is 0 Å². The van der Waals surface area contributed by atoms with E-state index in [1.54, 1.807) is 6.92 Å². The van der Waals surface area contributed by atoms with Crippen molar-refractivity contribution in [1.82, 2.24) is 5.32 Å². The Morgan fingerprint density at radius 3 is 2.91 bits per heavy atom. The molecule has 0 bridgehead atoms. The van der Waals surface area contributed by atoms with E-state index >= 15 is 0 Å². The molecule has 0 saturated carbocycles. The van der Waals surface area contributed by atoms with E-state index in [1.807, 2.05) is 0 Å². The van der Waals surface area contributed by atoms with Crippen LogP contribution in [0, 0.1) is 0 Å². The maximum atomic E-state index is 11.1. The number of carbonyl (C=O) groups is 1. The van der Waals surface area contributed by atoms with Gasteiger partial charge in [0.2, 0.25) is 0 Å². The number of rotatable bonds is 2. The van der Waals surface area contributed by atoms with Crippen LogP contribution in [0.3, 0.4) is 0 Å². The number of allylic oxidation sites excluding steroid dienone is 1. The van der Waals surface area contributed by atoms with E-state index in [9.17, 15) is 4.79 Å². The Kier molecular flexibility index (Phi) is 2.65. The van der Waals surface area contributed by atoms with Gasteiger partial charge in [-0.1, -0.05) is 6.58 Å². The second kappa shape index (κ2) is 3.53. The van der Waals surface area contributed by atoms with Crippen LogP contribution >= 0.6 is 0 Å². The third-order valence-corrected chi connectivity index (χ3v) is 1.62. The molecule has 0 spiro atoms. The summed E-state index contributed by atoms with van der Waals surface area (Å²) in [5.41, 5.74) is 0. The topological polar surface area (TPSA) is 38.3 Å². The predicted molar refractivity (Wildman–Crippen MR) is 41.9 cm³/mol. The van der Waals surface area contributed by atoms with Gasteiger partial charge in [-0.05, 0) is 26.3 Å². The van der Waals surface area contributed by atoms with Gasteiger partial charge in [-0.3, -0.25) is 0 Å². The predicted octanol–water partition coefficient (Wildman–Crippen LogP) is 0.815. The zero-order valence-electron chi connectivity index (χ0n) is 6.72. The lowest BCUT2D eigenvalue weighted by atomic mass is 10.2. The monoisotopic (exact) mass is 155 g/mol. The molecule has 1 aliphatic rings. The smallest absolute Gasteiger partial charge is 0.328 e. The molecule has 0 unspecified atom stereocenters. The molecule has 0 aliphatic carbocycles. The van der Waals surface area contributed by atoms with Crippen LogP contribution in [0.15, 0.2) is 12.3 Å². The SMILES string of the molecule is C=C(C)OC(=O)[C@H]1CCCN1.